The van der Waals surface area contributed by atoms with Crippen molar-refractivity contribution in [2.24, 2.45) is 4.99 Å². The van der Waals surface area contributed by atoms with Crippen LogP contribution in [0.1, 0.15) is 6.92 Å². The van der Waals surface area contributed by atoms with E-state index < -0.39 is 7.14 Å². The van der Waals surface area contributed by atoms with Crippen molar-refractivity contribution < 1.29 is 14.5 Å². The van der Waals surface area contributed by atoms with Gasteiger partial charge in [0.2, 0.25) is 0 Å². The van der Waals surface area contributed by atoms with E-state index in [1.807, 2.05) is 6.92 Å². The van der Waals surface area contributed by atoms with Gasteiger partial charge in [-0.15, -0.1) is 0 Å². The number of hydrogen-bond donors (Lipinski definition) is 1. The third-order valence-electron chi connectivity index (χ3n) is 3.37. The second-order valence-corrected chi connectivity index (χ2v) is 7.57. The topological polar surface area (TPSA) is 66.7 Å². The number of fused-ring (bicyclic) bond motifs is 2. The molecule has 0 aromatic heterocycles. The summed E-state index contributed by atoms with van der Waals surface area (Å²) in [6.45, 7) is 1.82. The van der Waals surface area contributed by atoms with E-state index in [4.69, 9.17) is 0 Å². The van der Waals surface area contributed by atoms with Gasteiger partial charge in [0, 0.05) is 16.8 Å². The van der Waals surface area contributed by atoms with E-state index in [1.165, 1.54) is 24.3 Å². The zero-order valence-electron chi connectivity index (χ0n) is 10.3. The van der Waals surface area contributed by atoms with Gasteiger partial charge in [-0.25, -0.2) is 4.99 Å². The SMILES string of the molecule is CCP1(=O)C2=CC(=O)C=CC2=Nc2ccc(O)cc21. The Balaban J connectivity index is 2.35. The van der Waals surface area contributed by atoms with E-state index in [2.05, 4.69) is 4.99 Å². The number of phenolic OH excluding ortho intramolecular Hbond substituents is 1. The standard InChI is InChI=1S/C14H12NO3P/c1-2-19(18)13-7-9(16)3-5-11(13)15-12-6-4-10(17)8-14(12)19/h3-8,16H,2H2,1H3. The Bertz CT molecular complexity index is 728. The first-order chi connectivity index (χ1) is 9.04. The highest BCUT2D eigenvalue weighted by atomic mass is 31.2. The number of hydrogen-bond acceptors (Lipinski definition) is 4. The molecule has 0 radical (unpaired) electrons. The maximum Gasteiger partial charge on any atom is 0.179 e. The lowest BCUT2D eigenvalue weighted by Crippen LogP contribution is -2.21. The van der Waals surface area contributed by atoms with Gasteiger partial charge in [0.15, 0.2) is 5.78 Å². The average Bonchev–Trinajstić information content (AvgIpc) is 2.41. The zero-order chi connectivity index (χ0) is 13.6. The van der Waals surface area contributed by atoms with Crippen molar-refractivity contribution >= 4 is 29.6 Å². The molecule has 0 fully saturated rings. The fraction of sp³-hybridized carbons (Fsp3) is 0.143. The Morgan fingerprint density at radius 3 is 2.84 bits per heavy atom. The minimum atomic E-state index is -2.88. The molecule has 5 heteroatoms. The summed E-state index contributed by atoms with van der Waals surface area (Å²) in [4.78, 5) is 15.9. The third-order valence-corrected chi connectivity index (χ3v) is 6.53. The van der Waals surface area contributed by atoms with Crippen molar-refractivity contribution in [1.82, 2.24) is 0 Å². The van der Waals surface area contributed by atoms with Crippen LogP contribution in [0.25, 0.3) is 0 Å². The summed E-state index contributed by atoms with van der Waals surface area (Å²) < 4.78 is 13.2. The molecular weight excluding hydrogens is 261 g/mol. The molecule has 1 atom stereocenters. The summed E-state index contributed by atoms with van der Waals surface area (Å²) in [5.74, 6) is -0.115. The maximum atomic E-state index is 13.2. The number of ketones is 1. The number of carbonyl (C=O) groups excluding carboxylic acids is 1. The van der Waals surface area contributed by atoms with E-state index in [0.29, 0.717) is 28.2 Å². The maximum absolute atomic E-state index is 13.2. The molecule has 1 aliphatic carbocycles. The lowest BCUT2D eigenvalue weighted by Gasteiger charge is -2.27. The Labute approximate surface area is 110 Å². The van der Waals surface area contributed by atoms with Crippen LogP contribution >= 0.6 is 7.14 Å². The number of aromatic hydroxyl groups is 1. The van der Waals surface area contributed by atoms with Gasteiger partial charge >= 0.3 is 0 Å². The predicted octanol–water partition coefficient (Wildman–Crippen LogP) is 2.51. The van der Waals surface area contributed by atoms with E-state index in [1.54, 1.807) is 12.1 Å². The lowest BCUT2D eigenvalue weighted by atomic mass is 10.1. The number of phenols is 1. The molecule has 3 rings (SSSR count). The third kappa shape index (κ3) is 1.71. The fourth-order valence-corrected chi connectivity index (χ4v) is 4.99. The number of nitrogens with zero attached hydrogens (tertiary/aromatic N) is 1. The highest BCUT2D eigenvalue weighted by molar-refractivity contribution is 7.77. The molecule has 4 nitrogen and oxygen atoms in total. The molecule has 1 aromatic carbocycles. The van der Waals surface area contributed by atoms with Gasteiger partial charge in [-0.1, -0.05) is 6.92 Å². The van der Waals surface area contributed by atoms with Gasteiger partial charge in [-0.3, -0.25) is 4.79 Å². The first kappa shape index (κ1) is 12.1. The van der Waals surface area contributed by atoms with Crippen LogP contribution < -0.4 is 5.30 Å². The summed E-state index contributed by atoms with van der Waals surface area (Å²) in [7, 11) is -2.88. The van der Waals surface area contributed by atoms with Gasteiger partial charge in [0.1, 0.15) is 12.9 Å². The monoisotopic (exact) mass is 273 g/mol. The van der Waals surface area contributed by atoms with Gasteiger partial charge in [0.05, 0.1) is 11.4 Å². The first-order valence-corrected chi connectivity index (χ1v) is 7.90. The van der Waals surface area contributed by atoms with Crippen LogP contribution in [0.3, 0.4) is 0 Å². The number of carbonyl (C=O) groups is 1. The zero-order valence-corrected chi connectivity index (χ0v) is 11.2. The van der Waals surface area contributed by atoms with E-state index in [9.17, 15) is 14.5 Å². The highest BCUT2D eigenvalue weighted by Crippen LogP contribution is 2.58. The van der Waals surface area contributed by atoms with Crippen LogP contribution in [0.15, 0.2) is 46.7 Å². The normalized spacial score (nSPS) is 24.4. The van der Waals surface area contributed by atoms with Crippen LogP contribution in [0.4, 0.5) is 5.69 Å². The molecule has 96 valence electrons. The predicted molar refractivity (Wildman–Crippen MR) is 75.2 cm³/mol. The van der Waals surface area contributed by atoms with Gasteiger partial charge in [-0.2, -0.15) is 0 Å². The average molecular weight is 273 g/mol. The van der Waals surface area contributed by atoms with Crippen LogP contribution in [0.2, 0.25) is 0 Å². The van der Waals surface area contributed by atoms with Crippen molar-refractivity contribution in [2.75, 3.05) is 6.16 Å². The summed E-state index contributed by atoms with van der Waals surface area (Å²) >= 11 is 0. The van der Waals surface area contributed by atoms with Crippen molar-refractivity contribution in [2.45, 2.75) is 6.92 Å². The summed E-state index contributed by atoms with van der Waals surface area (Å²) in [6.07, 6.45) is 4.83. The number of allylic oxidation sites excluding steroid dienone is 4. The van der Waals surface area contributed by atoms with Crippen molar-refractivity contribution in [3.05, 3.63) is 41.7 Å². The first-order valence-electron chi connectivity index (χ1n) is 6.00. The minimum absolute atomic E-state index is 0.0596. The van der Waals surface area contributed by atoms with Gasteiger partial charge in [-0.05, 0) is 36.4 Å². The quantitative estimate of drug-likeness (QED) is 0.631. The second kappa shape index (κ2) is 4.04. The molecule has 1 N–H and O–H groups in total. The fourth-order valence-electron chi connectivity index (χ4n) is 2.38. The van der Waals surface area contributed by atoms with Gasteiger partial charge < -0.3 is 9.67 Å². The van der Waals surface area contributed by atoms with Crippen LogP contribution in [-0.4, -0.2) is 22.8 Å². The molecule has 2 aliphatic rings. The lowest BCUT2D eigenvalue weighted by molar-refractivity contribution is -0.110. The Morgan fingerprint density at radius 2 is 2.11 bits per heavy atom. The van der Waals surface area contributed by atoms with Crippen molar-refractivity contribution in [3.8, 4) is 5.75 Å². The van der Waals surface area contributed by atoms with Crippen molar-refractivity contribution in [1.29, 1.82) is 0 Å². The molecule has 1 aromatic rings. The van der Waals surface area contributed by atoms with E-state index >= 15 is 0 Å². The molecular formula is C14H12NO3P. The number of aliphatic imine (C=N–C) groups is 1. The molecule has 0 bridgehead atoms. The second-order valence-electron chi connectivity index (χ2n) is 4.49. The summed E-state index contributed by atoms with van der Waals surface area (Å²) in [5, 5.41) is 10.6. The molecule has 0 saturated carbocycles. The molecule has 0 spiro atoms. The van der Waals surface area contributed by atoms with E-state index in [0.717, 1.165) is 0 Å². The number of benzene rings is 1. The molecule has 0 amide bonds. The highest BCUT2D eigenvalue weighted by Gasteiger charge is 2.37. The summed E-state index contributed by atoms with van der Waals surface area (Å²) in [5.41, 5.74) is 1.19. The van der Waals surface area contributed by atoms with E-state index in [-0.39, 0.29) is 11.5 Å². The molecule has 0 saturated heterocycles. The Kier molecular flexibility index (Phi) is 2.58. The number of rotatable bonds is 1. The molecule has 19 heavy (non-hydrogen) atoms. The van der Waals surface area contributed by atoms with Crippen LogP contribution in [-0.2, 0) is 9.36 Å². The molecule has 1 aliphatic heterocycles. The molecule has 1 heterocycles. The van der Waals surface area contributed by atoms with Crippen molar-refractivity contribution in [3.63, 3.8) is 0 Å². The van der Waals surface area contributed by atoms with Gasteiger partial charge in [0.25, 0.3) is 0 Å². The minimum Gasteiger partial charge on any atom is -0.508 e. The Morgan fingerprint density at radius 1 is 1.32 bits per heavy atom. The largest absolute Gasteiger partial charge is 0.508 e. The van der Waals surface area contributed by atoms with Crippen LogP contribution in [0, 0.1) is 0 Å². The smallest absolute Gasteiger partial charge is 0.179 e. The Hall–Kier alpha value is -1.93. The summed E-state index contributed by atoms with van der Waals surface area (Å²) in [6, 6.07) is 4.67. The van der Waals surface area contributed by atoms with Crippen LogP contribution in [0.5, 0.6) is 5.75 Å². The molecule has 1 unspecified atom stereocenters.